The molecule has 6 nitrogen and oxygen atoms in total. The molecular formula is C22H28FN3O3S. The molecule has 0 spiro atoms. The third-order valence-corrected chi connectivity index (χ3v) is 7.48. The van der Waals surface area contributed by atoms with Crippen LogP contribution in [0.3, 0.4) is 0 Å². The third kappa shape index (κ3) is 4.88. The molecule has 0 bridgehead atoms. The zero-order chi connectivity index (χ0) is 21.7. The van der Waals surface area contributed by atoms with Crippen molar-refractivity contribution in [2.75, 3.05) is 39.3 Å². The first-order chi connectivity index (χ1) is 14.4. The van der Waals surface area contributed by atoms with Crippen LogP contribution in [0.4, 0.5) is 4.39 Å². The molecule has 0 N–H and O–H groups in total. The fourth-order valence-corrected chi connectivity index (χ4v) is 5.17. The molecule has 0 radical (unpaired) electrons. The largest absolute Gasteiger partial charge is 0.336 e. The molecule has 0 aliphatic carbocycles. The zero-order valence-corrected chi connectivity index (χ0v) is 18.2. The molecular weight excluding hydrogens is 405 g/mol. The van der Waals surface area contributed by atoms with Crippen molar-refractivity contribution in [3.05, 3.63) is 65.5 Å². The molecule has 1 saturated heterocycles. The van der Waals surface area contributed by atoms with E-state index in [9.17, 15) is 17.6 Å². The fourth-order valence-electron chi connectivity index (χ4n) is 3.66. The molecule has 0 aromatic heterocycles. The van der Waals surface area contributed by atoms with E-state index in [-0.39, 0.29) is 16.6 Å². The lowest BCUT2D eigenvalue weighted by Gasteiger charge is -2.35. The summed E-state index contributed by atoms with van der Waals surface area (Å²) in [6.45, 7) is 7.14. The van der Waals surface area contributed by atoms with Gasteiger partial charge in [0, 0.05) is 56.9 Å². The molecule has 162 valence electrons. The number of nitrogens with zero attached hydrogens (tertiary/aromatic N) is 3. The van der Waals surface area contributed by atoms with Gasteiger partial charge in [-0.15, -0.1) is 0 Å². The van der Waals surface area contributed by atoms with Crippen LogP contribution in [0, 0.1) is 5.82 Å². The molecule has 3 rings (SSSR count). The van der Waals surface area contributed by atoms with Crippen molar-refractivity contribution in [2.45, 2.75) is 25.3 Å². The Balaban J connectivity index is 1.66. The molecule has 2 aromatic rings. The highest BCUT2D eigenvalue weighted by Crippen LogP contribution is 2.19. The standard InChI is InChI=1S/C22H28FN3O3S/c1-3-26(4-2)30(28,29)20-10-7-9-18(16-20)22(27)25-14-12-24(13-15-25)17-19-8-5-6-11-21(19)23/h5-11,16H,3-4,12-15,17H2,1-2H3. The Bertz CT molecular complexity index is 985. The minimum atomic E-state index is -3.62. The number of amides is 1. The first-order valence-corrected chi connectivity index (χ1v) is 11.7. The first-order valence-electron chi connectivity index (χ1n) is 10.2. The summed E-state index contributed by atoms with van der Waals surface area (Å²) < 4.78 is 40.7. The normalized spacial score (nSPS) is 15.5. The summed E-state index contributed by atoms with van der Waals surface area (Å²) >= 11 is 0. The van der Waals surface area contributed by atoms with Crippen molar-refractivity contribution >= 4 is 15.9 Å². The van der Waals surface area contributed by atoms with Crippen molar-refractivity contribution in [3.63, 3.8) is 0 Å². The van der Waals surface area contributed by atoms with Gasteiger partial charge in [-0.05, 0) is 24.3 Å². The lowest BCUT2D eigenvalue weighted by Crippen LogP contribution is -2.48. The summed E-state index contributed by atoms with van der Waals surface area (Å²) in [5, 5.41) is 0. The molecule has 0 unspecified atom stereocenters. The zero-order valence-electron chi connectivity index (χ0n) is 17.4. The van der Waals surface area contributed by atoms with Crippen LogP contribution in [-0.4, -0.2) is 67.7 Å². The molecule has 8 heteroatoms. The Kier molecular flexibility index (Phi) is 7.23. The number of carbonyl (C=O) groups excluding carboxylic acids is 1. The summed E-state index contributed by atoms with van der Waals surface area (Å²) in [6.07, 6.45) is 0. The Morgan fingerprint density at radius 3 is 2.30 bits per heavy atom. The van der Waals surface area contributed by atoms with Gasteiger partial charge in [-0.3, -0.25) is 9.69 Å². The van der Waals surface area contributed by atoms with Crippen molar-refractivity contribution in [1.29, 1.82) is 0 Å². The molecule has 2 aromatic carbocycles. The van der Waals surface area contributed by atoms with Crippen LogP contribution in [-0.2, 0) is 16.6 Å². The topological polar surface area (TPSA) is 60.9 Å². The van der Waals surface area contributed by atoms with Crippen LogP contribution in [0.25, 0.3) is 0 Å². The highest BCUT2D eigenvalue weighted by molar-refractivity contribution is 7.89. The summed E-state index contributed by atoms with van der Waals surface area (Å²) in [5.74, 6) is -0.403. The summed E-state index contributed by atoms with van der Waals surface area (Å²) in [7, 11) is -3.62. The van der Waals surface area contributed by atoms with Gasteiger partial charge in [0.25, 0.3) is 5.91 Å². The number of hydrogen-bond donors (Lipinski definition) is 0. The van der Waals surface area contributed by atoms with Gasteiger partial charge in [0.05, 0.1) is 4.90 Å². The number of sulfonamides is 1. The molecule has 1 heterocycles. The Morgan fingerprint density at radius 2 is 1.67 bits per heavy atom. The summed E-state index contributed by atoms with van der Waals surface area (Å²) in [4.78, 5) is 16.9. The summed E-state index contributed by atoms with van der Waals surface area (Å²) in [6, 6.07) is 13.0. The molecule has 0 atom stereocenters. The van der Waals surface area contributed by atoms with E-state index in [0.29, 0.717) is 56.9 Å². The van der Waals surface area contributed by atoms with Gasteiger partial charge in [0.15, 0.2) is 0 Å². The Labute approximate surface area is 177 Å². The van der Waals surface area contributed by atoms with Gasteiger partial charge in [-0.1, -0.05) is 38.1 Å². The minimum absolute atomic E-state index is 0.134. The lowest BCUT2D eigenvalue weighted by molar-refractivity contribution is 0.0627. The number of hydrogen-bond acceptors (Lipinski definition) is 4. The first kappa shape index (κ1) is 22.4. The van der Waals surface area contributed by atoms with Gasteiger partial charge in [0.2, 0.25) is 10.0 Å². The van der Waals surface area contributed by atoms with E-state index in [2.05, 4.69) is 4.90 Å². The predicted molar refractivity (Wildman–Crippen MR) is 114 cm³/mol. The summed E-state index contributed by atoms with van der Waals surface area (Å²) in [5.41, 5.74) is 1.01. The quantitative estimate of drug-likeness (QED) is 0.674. The van der Waals surface area contributed by atoms with E-state index in [1.807, 2.05) is 6.07 Å². The van der Waals surface area contributed by atoms with E-state index in [1.165, 1.54) is 22.5 Å². The number of piperazine rings is 1. The van der Waals surface area contributed by atoms with Crippen LogP contribution in [0.1, 0.15) is 29.8 Å². The van der Waals surface area contributed by atoms with Crippen LogP contribution < -0.4 is 0 Å². The van der Waals surface area contributed by atoms with Crippen LogP contribution in [0.2, 0.25) is 0 Å². The van der Waals surface area contributed by atoms with E-state index >= 15 is 0 Å². The maximum atomic E-state index is 13.9. The number of rotatable bonds is 7. The lowest BCUT2D eigenvalue weighted by atomic mass is 10.1. The maximum absolute atomic E-state index is 13.9. The van der Waals surface area contributed by atoms with Crippen molar-refractivity contribution in [1.82, 2.24) is 14.1 Å². The van der Waals surface area contributed by atoms with Crippen molar-refractivity contribution in [3.8, 4) is 0 Å². The fraction of sp³-hybridized carbons (Fsp3) is 0.409. The number of benzene rings is 2. The molecule has 1 aliphatic heterocycles. The number of halogens is 1. The van der Waals surface area contributed by atoms with E-state index in [4.69, 9.17) is 0 Å². The van der Waals surface area contributed by atoms with Gasteiger partial charge in [0.1, 0.15) is 5.82 Å². The van der Waals surface area contributed by atoms with Crippen molar-refractivity contribution < 1.29 is 17.6 Å². The Morgan fingerprint density at radius 1 is 1.00 bits per heavy atom. The number of carbonyl (C=O) groups is 1. The van der Waals surface area contributed by atoms with Crippen LogP contribution in [0.15, 0.2) is 53.4 Å². The smallest absolute Gasteiger partial charge is 0.253 e. The van der Waals surface area contributed by atoms with Crippen LogP contribution in [0.5, 0.6) is 0 Å². The molecule has 1 amide bonds. The van der Waals surface area contributed by atoms with Gasteiger partial charge in [-0.25, -0.2) is 12.8 Å². The van der Waals surface area contributed by atoms with Crippen LogP contribution >= 0.6 is 0 Å². The SMILES string of the molecule is CCN(CC)S(=O)(=O)c1cccc(C(=O)N2CCN(Cc3ccccc3F)CC2)c1. The predicted octanol–water partition coefficient (Wildman–Crippen LogP) is 2.81. The van der Waals surface area contributed by atoms with Crippen molar-refractivity contribution in [2.24, 2.45) is 0 Å². The van der Waals surface area contributed by atoms with E-state index in [0.717, 1.165) is 0 Å². The highest BCUT2D eigenvalue weighted by atomic mass is 32.2. The third-order valence-electron chi connectivity index (χ3n) is 5.44. The van der Waals surface area contributed by atoms with Gasteiger partial charge in [-0.2, -0.15) is 4.31 Å². The molecule has 1 aliphatic rings. The second kappa shape index (κ2) is 9.68. The minimum Gasteiger partial charge on any atom is -0.336 e. The van der Waals surface area contributed by atoms with E-state index in [1.54, 1.807) is 43.0 Å². The highest BCUT2D eigenvalue weighted by Gasteiger charge is 2.26. The van der Waals surface area contributed by atoms with Gasteiger partial charge < -0.3 is 4.90 Å². The maximum Gasteiger partial charge on any atom is 0.253 e. The van der Waals surface area contributed by atoms with Gasteiger partial charge >= 0.3 is 0 Å². The molecule has 1 fully saturated rings. The monoisotopic (exact) mass is 433 g/mol. The second-order valence-electron chi connectivity index (χ2n) is 7.28. The average molecular weight is 434 g/mol. The second-order valence-corrected chi connectivity index (χ2v) is 9.21. The molecule has 30 heavy (non-hydrogen) atoms. The molecule has 0 saturated carbocycles. The van der Waals surface area contributed by atoms with E-state index < -0.39 is 10.0 Å². The Hall–Kier alpha value is -2.29. The average Bonchev–Trinajstić information content (AvgIpc) is 2.76.